The van der Waals surface area contributed by atoms with Gasteiger partial charge in [-0.15, -0.1) is 0 Å². The SMILES string of the molecule is CC(=O)Nc1cccc(OCC#CCNC(=O)c2ccc3nc[nH]c3c2)c1. The van der Waals surface area contributed by atoms with Gasteiger partial charge in [-0.2, -0.15) is 0 Å². The van der Waals surface area contributed by atoms with Gasteiger partial charge in [-0.25, -0.2) is 4.98 Å². The van der Waals surface area contributed by atoms with Crippen LogP contribution in [0.2, 0.25) is 0 Å². The van der Waals surface area contributed by atoms with Crippen molar-refractivity contribution in [1.82, 2.24) is 15.3 Å². The van der Waals surface area contributed by atoms with Crippen molar-refractivity contribution in [2.75, 3.05) is 18.5 Å². The second kappa shape index (κ2) is 8.54. The smallest absolute Gasteiger partial charge is 0.252 e. The molecule has 3 aromatic rings. The van der Waals surface area contributed by atoms with Crippen molar-refractivity contribution < 1.29 is 14.3 Å². The van der Waals surface area contributed by atoms with Crippen LogP contribution in [-0.2, 0) is 4.79 Å². The number of amides is 2. The Bertz CT molecular complexity index is 1030. The minimum absolute atomic E-state index is 0.144. The molecule has 0 saturated heterocycles. The molecule has 0 unspecified atom stereocenters. The first-order valence-corrected chi connectivity index (χ1v) is 8.29. The summed E-state index contributed by atoms with van der Waals surface area (Å²) in [6.07, 6.45) is 1.59. The number of carbonyl (C=O) groups excluding carboxylic acids is 2. The van der Waals surface area contributed by atoms with Crippen LogP contribution in [-0.4, -0.2) is 34.9 Å². The van der Waals surface area contributed by atoms with Gasteiger partial charge in [-0.3, -0.25) is 9.59 Å². The van der Waals surface area contributed by atoms with Crippen LogP contribution in [0.5, 0.6) is 5.75 Å². The van der Waals surface area contributed by atoms with Gasteiger partial charge in [0.15, 0.2) is 0 Å². The first-order valence-electron chi connectivity index (χ1n) is 8.29. The molecule has 0 fully saturated rings. The van der Waals surface area contributed by atoms with Gasteiger partial charge in [0.1, 0.15) is 12.4 Å². The summed E-state index contributed by atoms with van der Waals surface area (Å²) in [5.41, 5.74) is 2.82. The third-order valence-corrected chi connectivity index (χ3v) is 3.61. The molecule has 0 atom stereocenters. The van der Waals surface area contributed by atoms with Crippen molar-refractivity contribution in [3.05, 3.63) is 54.4 Å². The monoisotopic (exact) mass is 362 g/mol. The number of benzene rings is 2. The lowest BCUT2D eigenvalue weighted by atomic mass is 10.2. The molecule has 1 aromatic heterocycles. The van der Waals surface area contributed by atoms with Crippen molar-refractivity contribution in [2.24, 2.45) is 0 Å². The number of ether oxygens (including phenoxy) is 1. The van der Waals surface area contributed by atoms with Gasteiger partial charge in [-0.1, -0.05) is 17.9 Å². The Labute approximate surface area is 156 Å². The molecule has 0 aliphatic carbocycles. The predicted octanol–water partition coefficient (Wildman–Crippen LogP) is 2.33. The van der Waals surface area contributed by atoms with Crippen LogP contribution >= 0.6 is 0 Å². The standard InChI is InChI=1S/C20H18N4O3/c1-14(25)24-16-5-4-6-17(12-16)27-10-3-2-9-21-20(26)15-7-8-18-19(11-15)23-13-22-18/h4-8,11-13H,9-10H2,1H3,(H,21,26)(H,22,23)(H,24,25). The number of nitrogens with zero attached hydrogens (tertiary/aromatic N) is 1. The Morgan fingerprint density at radius 3 is 2.93 bits per heavy atom. The fraction of sp³-hybridized carbons (Fsp3) is 0.150. The number of rotatable bonds is 5. The predicted molar refractivity (Wildman–Crippen MR) is 102 cm³/mol. The molecule has 1 heterocycles. The van der Waals surface area contributed by atoms with E-state index < -0.39 is 0 Å². The van der Waals surface area contributed by atoms with Crippen LogP contribution in [0.1, 0.15) is 17.3 Å². The average molecular weight is 362 g/mol. The van der Waals surface area contributed by atoms with Crippen LogP contribution in [0.15, 0.2) is 48.8 Å². The van der Waals surface area contributed by atoms with Gasteiger partial charge in [0, 0.05) is 24.2 Å². The number of hydrogen-bond acceptors (Lipinski definition) is 4. The van der Waals surface area contributed by atoms with E-state index in [1.54, 1.807) is 48.8 Å². The second-order valence-corrected chi connectivity index (χ2v) is 5.67. The molecule has 0 aliphatic heterocycles. The number of carbonyl (C=O) groups is 2. The molecule has 0 bridgehead atoms. The van der Waals surface area contributed by atoms with Gasteiger partial charge in [-0.05, 0) is 30.3 Å². The Balaban J connectivity index is 1.45. The molecule has 0 radical (unpaired) electrons. The Kier molecular flexibility index (Phi) is 5.70. The molecule has 7 nitrogen and oxygen atoms in total. The van der Waals surface area contributed by atoms with E-state index in [2.05, 4.69) is 32.4 Å². The zero-order chi connectivity index (χ0) is 19.1. The van der Waals surface area contributed by atoms with Crippen LogP contribution in [0, 0.1) is 11.8 Å². The highest BCUT2D eigenvalue weighted by atomic mass is 16.5. The fourth-order valence-electron chi connectivity index (χ4n) is 2.40. The summed E-state index contributed by atoms with van der Waals surface area (Å²) in [6.45, 7) is 1.84. The van der Waals surface area contributed by atoms with Gasteiger partial charge < -0.3 is 20.4 Å². The molecular formula is C20H18N4O3. The minimum Gasteiger partial charge on any atom is -0.481 e. The van der Waals surface area contributed by atoms with E-state index in [-0.39, 0.29) is 25.0 Å². The zero-order valence-corrected chi connectivity index (χ0v) is 14.7. The first kappa shape index (κ1) is 18.0. The molecule has 3 rings (SSSR count). The number of aromatic nitrogens is 2. The highest BCUT2D eigenvalue weighted by Crippen LogP contribution is 2.17. The molecule has 2 aromatic carbocycles. The van der Waals surface area contributed by atoms with E-state index >= 15 is 0 Å². The highest BCUT2D eigenvalue weighted by molar-refractivity contribution is 5.97. The number of nitrogens with one attached hydrogen (secondary N) is 3. The van der Waals surface area contributed by atoms with Crippen molar-refractivity contribution in [2.45, 2.75) is 6.92 Å². The maximum Gasteiger partial charge on any atom is 0.252 e. The summed E-state index contributed by atoms with van der Waals surface area (Å²) in [6, 6.07) is 12.3. The summed E-state index contributed by atoms with van der Waals surface area (Å²) in [4.78, 5) is 30.2. The lowest BCUT2D eigenvalue weighted by Crippen LogP contribution is -2.23. The molecule has 0 spiro atoms. The summed E-state index contributed by atoms with van der Waals surface area (Å²) < 4.78 is 5.51. The summed E-state index contributed by atoms with van der Waals surface area (Å²) in [5.74, 6) is 5.93. The van der Waals surface area contributed by atoms with Gasteiger partial charge in [0.2, 0.25) is 5.91 Å². The molecule has 7 heteroatoms. The number of H-pyrrole nitrogens is 1. The zero-order valence-electron chi connectivity index (χ0n) is 14.7. The third-order valence-electron chi connectivity index (χ3n) is 3.61. The molecule has 2 amide bonds. The van der Waals surface area contributed by atoms with E-state index in [4.69, 9.17) is 4.74 Å². The van der Waals surface area contributed by atoms with E-state index in [1.165, 1.54) is 6.92 Å². The van der Waals surface area contributed by atoms with Gasteiger partial charge in [0.05, 0.1) is 23.9 Å². The normalized spacial score (nSPS) is 9.96. The van der Waals surface area contributed by atoms with Crippen molar-refractivity contribution in [3.8, 4) is 17.6 Å². The third kappa shape index (κ3) is 5.09. The number of fused-ring (bicyclic) bond motifs is 1. The number of hydrogen-bond donors (Lipinski definition) is 3. The van der Waals surface area contributed by atoms with Gasteiger partial charge in [0.25, 0.3) is 5.91 Å². The van der Waals surface area contributed by atoms with Crippen LogP contribution in [0.4, 0.5) is 5.69 Å². The van der Waals surface area contributed by atoms with Crippen molar-refractivity contribution in [3.63, 3.8) is 0 Å². The Morgan fingerprint density at radius 1 is 1.19 bits per heavy atom. The van der Waals surface area contributed by atoms with Crippen LogP contribution in [0.25, 0.3) is 11.0 Å². The maximum atomic E-state index is 12.1. The number of anilines is 1. The first-order chi connectivity index (χ1) is 13.1. The topological polar surface area (TPSA) is 96.1 Å². The van der Waals surface area contributed by atoms with Crippen LogP contribution in [0.3, 0.4) is 0 Å². The number of aromatic amines is 1. The molecule has 0 saturated carbocycles. The van der Waals surface area contributed by atoms with Gasteiger partial charge >= 0.3 is 0 Å². The second-order valence-electron chi connectivity index (χ2n) is 5.67. The molecule has 27 heavy (non-hydrogen) atoms. The van der Waals surface area contributed by atoms with E-state index in [1.807, 2.05) is 0 Å². The highest BCUT2D eigenvalue weighted by Gasteiger charge is 2.05. The summed E-state index contributed by atoms with van der Waals surface area (Å²) in [5, 5.41) is 5.42. The molecule has 0 aliphatic rings. The Hall–Kier alpha value is -3.79. The van der Waals surface area contributed by atoms with Crippen molar-refractivity contribution >= 4 is 28.5 Å². The van der Waals surface area contributed by atoms with Crippen LogP contribution < -0.4 is 15.4 Å². The molecule has 3 N–H and O–H groups in total. The maximum absolute atomic E-state index is 12.1. The lowest BCUT2D eigenvalue weighted by Gasteiger charge is -2.05. The number of imidazole rings is 1. The lowest BCUT2D eigenvalue weighted by molar-refractivity contribution is -0.114. The van der Waals surface area contributed by atoms with Crippen molar-refractivity contribution in [1.29, 1.82) is 0 Å². The Morgan fingerprint density at radius 2 is 2.07 bits per heavy atom. The fourth-order valence-corrected chi connectivity index (χ4v) is 2.40. The molecule has 136 valence electrons. The minimum atomic E-state index is -0.204. The van der Waals surface area contributed by atoms with E-state index in [0.29, 0.717) is 17.0 Å². The van der Waals surface area contributed by atoms with E-state index in [9.17, 15) is 9.59 Å². The molecular weight excluding hydrogens is 344 g/mol. The largest absolute Gasteiger partial charge is 0.481 e. The summed E-state index contributed by atoms with van der Waals surface area (Å²) in [7, 11) is 0. The summed E-state index contributed by atoms with van der Waals surface area (Å²) >= 11 is 0. The quantitative estimate of drug-likeness (QED) is 0.607. The van der Waals surface area contributed by atoms with E-state index in [0.717, 1.165) is 11.0 Å². The average Bonchev–Trinajstić information content (AvgIpc) is 3.12.